The number of imidazole rings is 1. The van der Waals surface area contributed by atoms with Crippen molar-refractivity contribution in [3.8, 4) is 5.69 Å². The van der Waals surface area contributed by atoms with Gasteiger partial charge in [-0.15, -0.1) is 0 Å². The van der Waals surface area contributed by atoms with Crippen molar-refractivity contribution in [2.45, 2.75) is 25.5 Å². The summed E-state index contributed by atoms with van der Waals surface area (Å²) in [7, 11) is 1.71. The van der Waals surface area contributed by atoms with Gasteiger partial charge in [-0.2, -0.15) is 0 Å². The zero-order chi connectivity index (χ0) is 12.4. The number of anilines is 1. The first kappa shape index (κ1) is 11.3. The topological polar surface area (TPSA) is 39.1 Å². The summed E-state index contributed by atoms with van der Waals surface area (Å²) in [4.78, 5) is 4.37. The maximum absolute atomic E-state index is 5.16. The van der Waals surface area contributed by atoms with Crippen LogP contribution in [-0.4, -0.2) is 22.7 Å². The molecule has 0 aliphatic heterocycles. The fourth-order valence-corrected chi connectivity index (χ4v) is 1.99. The Balaban J connectivity index is 1.88. The van der Waals surface area contributed by atoms with Gasteiger partial charge in [0.2, 0.25) is 5.95 Å². The summed E-state index contributed by atoms with van der Waals surface area (Å²) in [6.07, 6.45) is 6.30. The minimum Gasteiger partial charge on any atom is -0.380 e. The number of benzene rings is 1. The molecule has 2 aromatic rings. The lowest BCUT2D eigenvalue weighted by atomic mass is 10.2. The van der Waals surface area contributed by atoms with Crippen LogP contribution in [0.2, 0.25) is 0 Å². The summed E-state index contributed by atoms with van der Waals surface area (Å²) < 4.78 is 7.25. The van der Waals surface area contributed by atoms with Crippen LogP contribution in [0, 0.1) is 0 Å². The molecule has 1 aliphatic carbocycles. The predicted octanol–water partition coefficient (Wildman–Crippen LogP) is 2.59. The molecule has 1 N–H and O–H groups in total. The molecule has 1 aromatic carbocycles. The van der Waals surface area contributed by atoms with Crippen molar-refractivity contribution in [1.29, 1.82) is 0 Å². The molecule has 0 atom stereocenters. The van der Waals surface area contributed by atoms with Crippen LogP contribution in [0.15, 0.2) is 36.7 Å². The maximum atomic E-state index is 5.16. The third kappa shape index (κ3) is 2.38. The van der Waals surface area contributed by atoms with E-state index >= 15 is 0 Å². The van der Waals surface area contributed by atoms with E-state index in [0.29, 0.717) is 12.6 Å². The van der Waals surface area contributed by atoms with Crippen molar-refractivity contribution >= 4 is 5.95 Å². The van der Waals surface area contributed by atoms with Crippen LogP contribution < -0.4 is 5.32 Å². The van der Waals surface area contributed by atoms with Gasteiger partial charge < -0.3 is 10.1 Å². The summed E-state index contributed by atoms with van der Waals surface area (Å²) in [5.74, 6) is 0.923. The standard InChI is InChI=1S/C14H17N3O/c1-18-10-11-3-2-4-13(9-11)17-8-7-15-14(17)16-12-5-6-12/h2-4,7-9,12H,5-6,10H2,1H3,(H,15,16). The molecule has 0 amide bonds. The number of nitrogens with one attached hydrogen (secondary N) is 1. The fourth-order valence-electron chi connectivity index (χ4n) is 1.99. The number of rotatable bonds is 5. The molecule has 18 heavy (non-hydrogen) atoms. The van der Waals surface area contributed by atoms with E-state index in [-0.39, 0.29) is 0 Å². The minimum atomic E-state index is 0.605. The SMILES string of the molecule is COCc1cccc(-n2ccnc2NC2CC2)c1. The van der Waals surface area contributed by atoms with Gasteiger partial charge >= 0.3 is 0 Å². The number of methoxy groups -OCH3 is 1. The molecule has 0 bridgehead atoms. The lowest BCUT2D eigenvalue weighted by Crippen LogP contribution is -2.07. The molecule has 94 valence electrons. The van der Waals surface area contributed by atoms with Crippen LogP contribution in [0.5, 0.6) is 0 Å². The Morgan fingerprint density at radius 2 is 2.33 bits per heavy atom. The first-order chi connectivity index (χ1) is 8.86. The van der Waals surface area contributed by atoms with Gasteiger partial charge in [0.1, 0.15) is 0 Å². The number of ether oxygens (including phenoxy) is 1. The quantitative estimate of drug-likeness (QED) is 0.877. The predicted molar refractivity (Wildman–Crippen MR) is 70.9 cm³/mol. The van der Waals surface area contributed by atoms with E-state index in [1.165, 1.54) is 18.4 Å². The van der Waals surface area contributed by atoms with Crippen molar-refractivity contribution in [3.63, 3.8) is 0 Å². The average molecular weight is 243 g/mol. The molecular weight excluding hydrogens is 226 g/mol. The van der Waals surface area contributed by atoms with Crippen molar-refractivity contribution in [2.75, 3.05) is 12.4 Å². The van der Waals surface area contributed by atoms with E-state index in [4.69, 9.17) is 4.74 Å². The Hall–Kier alpha value is -1.81. The summed E-state index contributed by atoms with van der Waals surface area (Å²) in [5, 5.41) is 3.44. The third-order valence-electron chi connectivity index (χ3n) is 3.05. The number of nitrogens with zero attached hydrogens (tertiary/aromatic N) is 2. The van der Waals surface area contributed by atoms with Crippen LogP contribution >= 0.6 is 0 Å². The fraction of sp³-hybridized carbons (Fsp3) is 0.357. The Morgan fingerprint density at radius 3 is 3.11 bits per heavy atom. The van der Waals surface area contributed by atoms with E-state index in [2.05, 4.69) is 33.1 Å². The van der Waals surface area contributed by atoms with Gasteiger partial charge in [0, 0.05) is 31.2 Å². The van der Waals surface area contributed by atoms with Gasteiger partial charge in [-0.25, -0.2) is 4.98 Å². The Kier molecular flexibility index (Phi) is 3.02. The molecule has 1 saturated carbocycles. The molecule has 3 rings (SSSR count). The van der Waals surface area contributed by atoms with Crippen molar-refractivity contribution < 1.29 is 4.74 Å². The van der Waals surface area contributed by atoms with Crippen LogP contribution in [0.3, 0.4) is 0 Å². The molecule has 4 nitrogen and oxygen atoms in total. The molecular formula is C14H17N3O. The number of hydrogen-bond donors (Lipinski definition) is 1. The van der Waals surface area contributed by atoms with Crippen LogP contribution in [0.4, 0.5) is 5.95 Å². The third-order valence-corrected chi connectivity index (χ3v) is 3.05. The van der Waals surface area contributed by atoms with Crippen LogP contribution in [0.1, 0.15) is 18.4 Å². The molecule has 0 unspecified atom stereocenters. The van der Waals surface area contributed by atoms with Gasteiger partial charge in [-0.3, -0.25) is 4.57 Å². The van der Waals surface area contributed by atoms with Crippen molar-refractivity contribution in [3.05, 3.63) is 42.2 Å². The second kappa shape index (κ2) is 4.82. The highest BCUT2D eigenvalue weighted by molar-refractivity contribution is 5.44. The van der Waals surface area contributed by atoms with E-state index in [0.717, 1.165) is 11.6 Å². The summed E-state index contributed by atoms with van der Waals surface area (Å²) in [5.41, 5.74) is 2.28. The molecule has 1 fully saturated rings. The lowest BCUT2D eigenvalue weighted by molar-refractivity contribution is 0.185. The van der Waals surface area contributed by atoms with E-state index in [1.807, 2.05) is 18.5 Å². The van der Waals surface area contributed by atoms with Gasteiger partial charge in [0.15, 0.2) is 0 Å². The first-order valence-electron chi connectivity index (χ1n) is 6.25. The lowest BCUT2D eigenvalue weighted by Gasteiger charge is -2.10. The normalized spacial score (nSPS) is 14.7. The Morgan fingerprint density at radius 1 is 1.44 bits per heavy atom. The molecule has 1 aliphatic rings. The Bertz CT molecular complexity index is 531. The zero-order valence-electron chi connectivity index (χ0n) is 10.5. The molecule has 1 heterocycles. The van der Waals surface area contributed by atoms with Gasteiger partial charge in [-0.05, 0) is 30.5 Å². The second-order valence-electron chi connectivity index (χ2n) is 4.64. The summed E-state index contributed by atoms with van der Waals surface area (Å²) in [6, 6.07) is 8.93. The van der Waals surface area contributed by atoms with Crippen LogP contribution in [0.25, 0.3) is 5.69 Å². The van der Waals surface area contributed by atoms with Gasteiger partial charge in [-0.1, -0.05) is 12.1 Å². The maximum Gasteiger partial charge on any atom is 0.207 e. The smallest absolute Gasteiger partial charge is 0.207 e. The molecule has 1 aromatic heterocycles. The summed E-state index contributed by atoms with van der Waals surface area (Å²) in [6.45, 7) is 0.633. The monoisotopic (exact) mass is 243 g/mol. The van der Waals surface area contributed by atoms with Crippen molar-refractivity contribution in [1.82, 2.24) is 9.55 Å². The second-order valence-corrected chi connectivity index (χ2v) is 4.64. The highest BCUT2D eigenvalue weighted by Crippen LogP contribution is 2.25. The van der Waals surface area contributed by atoms with E-state index in [1.54, 1.807) is 7.11 Å². The average Bonchev–Trinajstić information content (AvgIpc) is 3.06. The largest absolute Gasteiger partial charge is 0.380 e. The van der Waals surface area contributed by atoms with E-state index < -0.39 is 0 Å². The van der Waals surface area contributed by atoms with Crippen molar-refractivity contribution in [2.24, 2.45) is 0 Å². The molecule has 0 spiro atoms. The number of hydrogen-bond acceptors (Lipinski definition) is 3. The highest BCUT2D eigenvalue weighted by Gasteiger charge is 2.22. The number of aromatic nitrogens is 2. The first-order valence-corrected chi connectivity index (χ1v) is 6.25. The Labute approximate surface area is 107 Å². The zero-order valence-corrected chi connectivity index (χ0v) is 10.5. The van der Waals surface area contributed by atoms with E-state index in [9.17, 15) is 0 Å². The molecule has 0 saturated heterocycles. The summed E-state index contributed by atoms with van der Waals surface area (Å²) >= 11 is 0. The molecule has 4 heteroatoms. The van der Waals surface area contributed by atoms with Gasteiger partial charge in [0.05, 0.1) is 6.61 Å². The molecule has 0 radical (unpaired) electrons. The highest BCUT2D eigenvalue weighted by atomic mass is 16.5. The van der Waals surface area contributed by atoms with Gasteiger partial charge in [0.25, 0.3) is 0 Å². The van der Waals surface area contributed by atoms with Crippen LogP contribution in [-0.2, 0) is 11.3 Å². The minimum absolute atomic E-state index is 0.605.